The van der Waals surface area contributed by atoms with E-state index >= 15 is 0 Å². The van der Waals surface area contributed by atoms with E-state index in [1.807, 2.05) is 6.07 Å². The minimum Gasteiger partial charge on any atom is -0.481 e. The van der Waals surface area contributed by atoms with Crippen LogP contribution in [0.2, 0.25) is 0 Å². The van der Waals surface area contributed by atoms with E-state index in [0.717, 1.165) is 51.7 Å². The molecule has 1 amide bonds. The lowest BCUT2D eigenvalue weighted by Crippen LogP contribution is -2.48. The monoisotopic (exact) mass is 603 g/mol. The van der Waals surface area contributed by atoms with E-state index in [-0.39, 0.29) is 30.2 Å². The first-order valence-corrected chi connectivity index (χ1v) is 16.1. The zero-order valence-electron chi connectivity index (χ0n) is 25.5. The molecule has 3 fully saturated rings. The van der Waals surface area contributed by atoms with Crippen molar-refractivity contribution in [2.45, 2.75) is 69.9 Å². The minimum atomic E-state index is -0.627. The summed E-state index contributed by atoms with van der Waals surface area (Å²) in [6, 6.07) is 16.7. The van der Waals surface area contributed by atoms with Gasteiger partial charge in [-0.3, -0.25) is 14.9 Å². The summed E-state index contributed by atoms with van der Waals surface area (Å²) in [6.07, 6.45) is 9.23. The number of rotatable bonds is 13. The van der Waals surface area contributed by atoms with Gasteiger partial charge in [-0.1, -0.05) is 55.7 Å². The van der Waals surface area contributed by atoms with Crippen molar-refractivity contribution in [3.63, 3.8) is 0 Å². The second kappa shape index (κ2) is 14.8. The van der Waals surface area contributed by atoms with Gasteiger partial charge in [-0.25, -0.2) is 4.79 Å². The number of ether oxygens (including phenoxy) is 1. The van der Waals surface area contributed by atoms with Crippen molar-refractivity contribution in [2.24, 2.45) is 23.7 Å². The van der Waals surface area contributed by atoms with Crippen LogP contribution in [-0.2, 0) is 16.1 Å². The maximum Gasteiger partial charge on any atom is 0.410 e. The molecule has 1 saturated heterocycles. The molecule has 236 valence electrons. The predicted molar refractivity (Wildman–Crippen MR) is 168 cm³/mol. The number of hydrogen-bond donors (Lipinski definition) is 1. The van der Waals surface area contributed by atoms with Crippen LogP contribution in [0.1, 0.15) is 68.4 Å². The molecule has 0 bridgehead atoms. The number of amides is 1. The summed E-state index contributed by atoms with van der Waals surface area (Å²) in [5.74, 6) is 0.648. The van der Waals surface area contributed by atoms with Gasteiger partial charge in [0.05, 0.1) is 10.8 Å². The number of hydrogen-bond acceptors (Lipinski definition) is 6. The van der Waals surface area contributed by atoms with Crippen molar-refractivity contribution in [3.05, 3.63) is 88.5 Å². The number of carbonyl (C=O) groups is 2. The van der Waals surface area contributed by atoms with Gasteiger partial charge >= 0.3 is 12.1 Å². The standard InChI is InChI=1S/C35H45N3O6/c1-2-17-37(35(41)44-24-26-11-13-31(14-12-26)38(42)43)30-15-18-36(19-16-30)23-29-21-28(22-32(29)27-9-4-3-5-10-27)33(34(39)40)20-25-7-6-8-25/h2-5,9-14,25,28-30,32-33H,1,6-8,15-24H2,(H,39,40)/t28?,29-,32-,33?/m1/s1. The molecular weight excluding hydrogens is 558 g/mol. The number of nitro groups is 1. The van der Waals surface area contributed by atoms with Gasteiger partial charge in [0.2, 0.25) is 0 Å². The molecule has 3 aliphatic rings. The van der Waals surface area contributed by atoms with Crippen molar-refractivity contribution in [2.75, 3.05) is 26.2 Å². The molecule has 1 aliphatic heterocycles. The lowest BCUT2D eigenvalue weighted by molar-refractivity contribution is -0.384. The molecule has 2 saturated carbocycles. The number of benzene rings is 2. The Morgan fingerprint density at radius 1 is 1.07 bits per heavy atom. The molecule has 44 heavy (non-hydrogen) atoms. The Balaban J connectivity index is 1.18. The van der Waals surface area contributed by atoms with Gasteiger partial charge in [-0.2, -0.15) is 0 Å². The van der Waals surface area contributed by atoms with Gasteiger partial charge in [-0.15, -0.1) is 6.58 Å². The van der Waals surface area contributed by atoms with Crippen molar-refractivity contribution < 1.29 is 24.4 Å². The minimum absolute atomic E-state index is 0.00120. The summed E-state index contributed by atoms with van der Waals surface area (Å²) in [5, 5.41) is 21.1. The number of aliphatic carboxylic acids is 1. The molecule has 2 aromatic rings. The van der Waals surface area contributed by atoms with Crippen LogP contribution in [-0.4, -0.2) is 64.1 Å². The number of nitrogens with zero attached hydrogens (tertiary/aromatic N) is 3. The van der Waals surface area contributed by atoms with Gasteiger partial charge in [0.1, 0.15) is 6.61 Å². The normalized spacial score (nSPS) is 23.4. The number of carboxylic acids is 1. The zero-order valence-corrected chi connectivity index (χ0v) is 25.5. The van der Waals surface area contributed by atoms with E-state index in [9.17, 15) is 24.8 Å². The Morgan fingerprint density at radius 2 is 1.77 bits per heavy atom. The molecule has 2 aromatic carbocycles. The number of nitro benzene ring substituents is 1. The second-order valence-electron chi connectivity index (χ2n) is 12.9. The Morgan fingerprint density at radius 3 is 2.36 bits per heavy atom. The van der Waals surface area contributed by atoms with Crippen molar-refractivity contribution in [1.82, 2.24) is 9.80 Å². The first-order chi connectivity index (χ1) is 21.3. The Hall–Kier alpha value is -3.72. The van der Waals surface area contributed by atoms with Crippen LogP contribution in [0, 0.1) is 33.8 Å². The van der Waals surface area contributed by atoms with Crippen LogP contribution >= 0.6 is 0 Å². The smallest absolute Gasteiger partial charge is 0.410 e. The van der Waals surface area contributed by atoms with Crippen molar-refractivity contribution in [1.29, 1.82) is 0 Å². The van der Waals surface area contributed by atoms with E-state index in [1.54, 1.807) is 23.1 Å². The quantitative estimate of drug-likeness (QED) is 0.151. The van der Waals surface area contributed by atoms with E-state index in [1.165, 1.54) is 37.0 Å². The van der Waals surface area contributed by atoms with Crippen LogP contribution in [0.5, 0.6) is 0 Å². The number of non-ortho nitro benzene ring substituents is 1. The highest BCUT2D eigenvalue weighted by Crippen LogP contribution is 2.49. The number of piperidine rings is 1. The summed E-state index contributed by atoms with van der Waals surface area (Å²) in [6.45, 7) is 6.93. The van der Waals surface area contributed by atoms with Crippen LogP contribution in [0.4, 0.5) is 10.5 Å². The summed E-state index contributed by atoms with van der Waals surface area (Å²) < 4.78 is 5.59. The molecule has 0 spiro atoms. The Kier molecular flexibility index (Phi) is 10.7. The molecule has 5 rings (SSSR count). The third-order valence-electron chi connectivity index (χ3n) is 10.2. The summed E-state index contributed by atoms with van der Waals surface area (Å²) in [7, 11) is 0. The average molecular weight is 604 g/mol. The fourth-order valence-electron chi connectivity index (χ4n) is 7.59. The van der Waals surface area contributed by atoms with Crippen molar-refractivity contribution >= 4 is 17.7 Å². The van der Waals surface area contributed by atoms with Crippen molar-refractivity contribution in [3.8, 4) is 0 Å². The highest BCUT2D eigenvalue weighted by atomic mass is 16.6. The molecule has 2 aliphatic carbocycles. The molecule has 1 heterocycles. The fourth-order valence-corrected chi connectivity index (χ4v) is 7.59. The van der Waals surface area contributed by atoms with E-state index < -0.39 is 17.0 Å². The lowest BCUT2D eigenvalue weighted by atomic mass is 9.74. The molecule has 0 aromatic heterocycles. The topological polar surface area (TPSA) is 113 Å². The number of carbonyl (C=O) groups excluding carboxylic acids is 1. The van der Waals surface area contributed by atoms with E-state index in [4.69, 9.17) is 4.74 Å². The van der Waals surface area contributed by atoms with Crippen LogP contribution in [0.3, 0.4) is 0 Å². The third kappa shape index (κ3) is 7.86. The van der Waals surface area contributed by atoms with Gasteiger partial charge in [-0.05, 0) is 79.0 Å². The SMILES string of the molecule is C=CCN(C(=O)OCc1ccc([N+](=O)[O-])cc1)C1CCN(C[C@H]2CC(C(CC3CCC3)C(=O)O)C[C@@H]2c2ccccc2)CC1. The molecule has 9 nitrogen and oxygen atoms in total. The first kappa shape index (κ1) is 31.7. The Bertz CT molecular complexity index is 1270. The summed E-state index contributed by atoms with van der Waals surface area (Å²) >= 11 is 0. The highest BCUT2D eigenvalue weighted by molar-refractivity contribution is 5.70. The lowest BCUT2D eigenvalue weighted by Gasteiger charge is -2.39. The van der Waals surface area contributed by atoms with Crippen LogP contribution in [0.25, 0.3) is 0 Å². The second-order valence-corrected chi connectivity index (χ2v) is 12.9. The number of likely N-dealkylation sites (tertiary alicyclic amines) is 1. The molecule has 2 unspecified atom stereocenters. The highest BCUT2D eigenvalue weighted by Gasteiger charge is 2.43. The maximum atomic E-state index is 13.1. The molecule has 4 atom stereocenters. The summed E-state index contributed by atoms with van der Waals surface area (Å²) in [4.78, 5) is 40.2. The predicted octanol–water partition coefficient (Wildman–Crippen LogP) is 6.88. The third-order valence-corrected chi connectivity index (χ3v) is 10.2. The molecule has 1 N–H and O–H groups in total. The van der Waals surface area contributed by atoms with Gasteiger partial charge in [0.25, 0.3) is 5.69 Å². The summed E-state index contributed by atoms with van der Waals surface area (Å²) in [5.41, 5.74) is 2.01. The average Bonchev–Trinajstić information content (AvgIpc) is 3.42. The van der Waals surface area contributed by atoms with Crippen LogP contribution in [0.15, 0.2) is 67.3 Å². The largest absolute Gasteiger partial charge is 0.481 e. The van der Waals surface area contributed by atoms with E-state index in [0.29, 0.717) is 29.9 Å². The van der Waals surface area contributed by atoms with Gasteiger partial charge < -0.3 is 19.6 Å². The number of carboxylic acid groups (broad SMARTS) is 1. The zero-order chi connectivity index (χ0) is 31.1. The van der Waals surface area contributed by atoms with Crippen LogP contribution < -0.4 is 0 Å². The first-order valence-electron chi connectivity index (χ1n) is 16.1. The van der Waals surface area contributed by atoms with E-state index in [2.05, 4.69) is 35.7 Å². The fraction of sp³-hybridized carbons (Fsp3) is 0.543. The van der Waals surface area contributed by atoms with Gasteiger partial charge in [0.15, 0.2) is 0 Å². The maximum absolute atomic E-state index is 13.1. The molecular formula is C35H45N3O6. The Labute approximate surface area is 260 Å². The van der Waals surface area contributed by atoms with Gasteiger partial charge in [0, 0.05) is 44.4 Å². The molecule has 0 radical (unpaired) electrons. The molecule has 9 heteroatoms.